The van der Waals surface area contributed by atoms with Gasteiger partial charge in [-0.1, -0.05) is 114 Å². The number of H-pyrrole nitrogens is 3. The Morgan fingerprint density at radius 3 is 1.48 bits per heavy atom. The third-order valence-corrected chi connectivity index (χ3v) is 20.5. The first-order valence-corrected chi connectivity index (χ1v) is 38.0. The SMILES string of the molecule is O=C(O)CCCNC(=O)Nc1ncc(F)c2c(C(=O)C(=O)N3CCN(C(=O)c4ccccc4)CC3)c[nH]c12.[C-]#[N+]C(=C1CCN(C(=O)C(=O)c2c[nH]c3c(N4C(=O)N[C@@H](CCC(=O)O)C4=O)cccc23)CC1)c1ccccc1.[C-]#[N+]C(=C1CCN(C(=O)C(=O)c2c[nH]c3c(NC(=O)Nc4cc(C(=O)O)cc(C(=O)O)c4)cccc23)CC1)c1ccccc1. The lowest BCUT2D eigenvalue weighted by molar-refractivity contribution is -0.138. The summed E-state index contributed by atoms with van der Waals surface area (Å²) >= 11 is 0. The fourth-order valence-electron chi connectivity index (χ4n) is 14.4. The number of aromatic nitrogens is 4. The van der Waals surface area contributed by atoms with Crippen LogP contribution in [0.2, 0.25) is 0 Å². The second kappa shape index (κ2) is 38.2. The highest BCUT2D eigenvalue weighted by Crippen LogP contribution is 2.36. The highest BCUT2D eigenvalue weighted by Gasteiger charge is 2.41. The molecule has 8 heterocycles. The largest absolute Gasteiger partial charge is 0.481 e. The normalized spacial score (nSPS) is 14.3. The Morgan fingerprint density at radius 2 is 0.959 bits per heavy atom. The average molecular weight is 1660 g/mol. The van der Waals surface area contributed by atoms with E-state index in [9.17, 15) is 86.5 Å². The van der Waals surface area contributed by atoms with E-state index in [4.69, 9.17) is 23.4 Å². The molecule has 4 aromatic heterocycles. The molecule has 122 heavy (non-hydrogen) atoms. The van der Waals surface area contributed by atoms with Gasteiger partial charge in [0.2, 0.25) is 0 Å². The molecular weight excluding hydrogens is 1580 g/mol. The lowest BCUT2D eigenvalue weighted by Gasteiger charge is -2.34. The number of rotatable bonds is 22. The molecule has 0 saturated carbocycles. The number of carbonyl (C=O) groups excluding carboxylic acids is 11. The molecule has 0 spiro atoms. The number of nitrogens with zero attached hydrogens (tertiary/aromatic N) is 8. The van der Waals surface area contributed by atoms with Crippen molar-refractivity contribution >= 4 is 156 Å². The lowest BCUT2D eigenvalue weighted by atomic mass is 9.97. The maximum atomic E-state index is 14.7. The van der Waals surface area contributed by atoms with Gasteiger partial charge >= 0.3 is 42.0 Å². The number of amides is 11. The summed E-state index contributed by atoms with van der Waals surface area (Å²) in [6.45, 7) is 17.3. The lowest BCUT2D eigenvalue weighted by Crippen LogP contribution is -2.52. The van der Waals surface area contributed by atoms with Crippen LogP contribution in [-0.2, 0) is 28.8 Å². The average Bonchev–Trinajstić information content (AvgIpc) is 1.61. The first-order valence-electron chi connectivity index (χ1n) is 38.0. The van der Waals surface area contributed by atoms with Crippen molar-refractivity contribution in [3.8, 4) is 0 Å². The minimum Gasteiger partial charge on any atom is -0.481 e. The summed E-state index contributed by atoms with van der Waals surface area (Å²) < 4.78 is 14.7. The number of likely N-dealkylation sites (tertiary alicyclic amines) is 2. The van der Waals surface area contributed by atoms with Gasteiger partial charge in [0, 0.05) is 112 Å². The first-order chi connectivity index (χ1) is 58.7. The van der Waals surface area contributed by atoms with E-state index in [0.29, 0.717) is 90.6 Å². The molecule has 12 N–H and O–H groups in total. The van der Waals surface area contributed by atoms with Crippen LogP contribution < -0.4 is 31.5 Å². The monoisotopic (exact) mass is 1650 g/mol. The second-order valence-corrected chi connectivity index (χ2v) is 28.1. The van der Waals surface area contributed by atoms with Crippen molar-refractivity contribution in [2.75, 3.05) is 79.8 Å². The number of piperazine rings is 1. The number of benzene rings is 6. The number of anilines is 4. The van der Waals surface area contributed by atoms with Crippen molar-refractivity contribution in [1.29, 1.82) is 0 Å². The Kier molecular flexibility index (Phi) is 26.7. The van der Waals surface area contributed by atoms with E-state index in [-0.39, 0.29) is 126 Å². The molecule has 1 atom stereocenters. The number of para-hydroxylation sites is 2. The van der Waals surface area contributed by atoms with Crippen LogP contribution in [0.25, 0.3) is 53.8 Å². The number of hydrogen-bond donors (Lipinski definition) is 12. The first kappa shape index (κ1) is 85.1. The van der Waals surface area contributed by atoms with E-state index < -0.39 is 94.8 Å². The van der Waals surface area contributed by atoms with Crippen LogP contribution in [0.1, 0.15) is 125 Å². The van der Waals surface area contributed by atoms with Crippen molar-refractivity contribution in [3.63, 3.8) is 0 Å². The van der Waals surface area contributed by atoms with Crippen LogP contribution in [0.4, 0.5) is 41.7 Å². The standard InChI is InChI=1S/C32H25N5O7.C29H25N5O6.C25H25FN6O6/c1-33-26(18-6-3-2-4-7-18)19-10-12-37(13-11-19)29(39)28(38)24-17-34-27-23(24)8-5-9-25(27)36-32(44)35-22-15-20(30(40)41)14-21(16-22)31(42)43;1-30-24(17-6-3-2-4-7-17)18-12-14-33(15-13-18)28(39)26(37)20-16-31-25-19(20)8-5-9-22(25)34-27(38)21(32-29(34)40)10-11-23(35)36;26-17-14-29-22(30-25(38)27-8-4-7-18(33)34)20-19(17)16(13-28-20)21(35)24(37)32-11-9-31(10-12-32)23(36)15-5-2-1-3-6-15/h2-9,14-17,34H,10-13H2,(H,40,41)(H,42,43)(H2,35,36,44);2-9,16,21,31H,10-15H2,(H,32,40)(H,35,36);1-3,5-6,13-14,28H,4,7-12H2,(H,33,34)(H2,27,29,30,38)/t;21-;/m.0./s1. The fraction of sp³-hybridized carbons (Fsp3) is 0.209. The Hall–Kier alpha value is -16.3. The van der Waals surface area contributed by atoms with Gasteiger partial charge < -0.3 is 76.2 Å². The van der Waals surface area contributed by atoms with Gasteiger partial charge in [0.05, 0.1) is 80.5 Å². The molecule has 620 valence electrons. The van der Waals surface area contributed by atoms with E-state index in [1.165, 1.54) is 39.4 Å². The number of urea groups is 3. The molecule has 0 bridgehead atoms. The van der Waals surface area contributed by atoms with Crippen molar-refractivity contribution in [1.82, 2.24) is 50.2 Å². The number of fused-ring (bicyclic) bond motifs is 3. The number of pyridine rings is 1. The number of ketones is 3. The Balaban J connectivity index is 0.000000168. The predicted octanol–water partition coefficient (Wildman–Crippen LogP) is 10.8. The zero-order valence-corrected chi connectivity index (χ0v) is 64.6. The molecule has 35 nitrogen and oxygen atoms in total. The van der Waals surface area contributed by atoms with E-state index in [1.54, 1.807) is 59.5 Å². The molecule has 6 aromatic carbocycles. The number of aromatic carboxylic acids is 2. The summed E-state index contributed by atoms with van der Waals surface area (Å²) in [6.07, 6.45) is 6.48. The number of nitrogens with one attached hydrogen (secondary N) is 8. The van der Waals surface area contributed by atoms with Gasteiger partial charge in [-0.3, -0.25) is 53.3 Å². The number of aliphatic carboxylic acids is 2. The fourth-order valence-corrected chi connectivity index (χ4v) is 14.4. The van der Waals surface area contributed by atoms with Crippen LogP contribution in [-0.4, -0.2) is 214 Å². The van der Waals surface area contributed by atoms with E-state index in [0.717, 1.165) is 51.6 Å². The number of carboxylic acids is 4. The smallest absolute Gasteiger partial charge is 0.335 e. The molecule has 36 heteroatoms. The van der Waals surface area contributed by atoms with Crippen LogP contribution in [0, 0.1) is 19.0 Å². The molecule has 14 rings (SSSR count). The molecule has 10 aromatic rings. The van der Waals surface area contributed by atoms with Crippen molar-refractivity contribution < 1.29 is 96.7 Å². The van der Waals surface area contributed by atoms with Gasteiger partial charge in [0.1, 0.15) is 6.04 Å². The summed E-state index contributed by atoms with van der Waals surface area (Å²) in [5.41, 5.74) is 5.75. The third-order valence-electron chi connectivity index (χ3n) is 20.5. The number of hydrogen-bond acceptors (Lipinski definition) is 16. The number of carboxylic acid groups (broad SMARTS) is 4. The highest BCUT2D eigenvalue weighted by molar-refractivity contribution is 6.46. The number of piperidine rings is 2. The van der Waals surface area contributed by atoms with Crippen LogP contribution >= 0.6 is 0 Å². The minimum atomic E-state index is -1.36. The molecular formula is C86H75FN16O19. The summed E-state index contributed by atoms with van der Waals surface area (Å²) in [6, 6.07) is 37.0. The number of carbonyl (C=O) groups is 15. The van der Waals surface area contributed by atoms with Crippen molar-refractivity contribution in [2.45, 2.75) is 57.4 Å². The second-order valence-electron chi connectivity index (χ2n) is 28.1. The number of Topliss-reactive ketones (excluding diaryl/α,β-unsaturated/α-hetero) is 3. The summed E-state index contributed by atoms with van der Waals surface area (Å²) in [5, 5.41) is 49.1. The van der Waals surface area contributed by atoms with Gasteiger partial charge in [-0.2, -0.15) is 0 Å². The van der Waals surface area contributed by atoms with E-state index >= 15 is 0 Å². The van der Waals surface area contributed by atoms with Gasteiger partial charge in [0.25, 0.3) is 46.9 Å². The minimum absolute atomic E-state index is 0.0140. The molecule has 4 saturated heterocycles. The number of imide groups is 1. The highest BCUT2D eigenvalue weighted by atomic mass is 19.1. The van der Waals surface area contributed by atoms with E-state index in [2.05, 4.69) is 56.2 Å². The predicted molar refractivity (Wildman–Crippen MR) is 440 cm³/mol. The Morgan fingerprint density at radius 1 is 0.492 bits per heavy atom. The Labute approximate surface area is 691 Å². The summed E-state index contributed by atoms with van der Waals surface area (Å²) in [5.74, 6) is -11.0. The zero-order valence-electron chi connectivity index (χ0n) is 64.6. The molecule has 4 aliphatic heterocycles. The molecule has 0 radical (unpaired) electrons. The molecule has 4 aliphatic rings. The van der Waals surface area contributed by atoms with Crippen LogP contribution in [0.3, 0.4) is 0 Å². The van der Waals surface area contributed by atoms with Crippen LogP contribution in [0.5, 0.6) is 0 Å². The van der Waals surface area contributed by atoms with Crippen molar-refractivity contribution in [2.24, 2.45) is 0 Å². The molecule has 0 unspecified atom stereocenters. The zero-order chi connectivity index (χ0) is 87.0. The molecule has 0 aliphatic carbocycles. The number of halogens is 1. The molecule has 4 fully saturated rings. The quantitative estimate of drug-likeness (QED) is 0.00986. The van der Waals surface area contributed by atoms with Crippen LogP contribution in [0.15, 0.2) is 182 Å². The maximum Gasteiger partial charge on any atom is 0.335 e. The van der Waals surface area contributed by atoms with Gasteiger partial charge in [-0.25, -0.2) is 47.9 Å². The molecule has 11 amide bonds. The van der Waals surface area contributed by atoms with Gasteiger partial charge in [-0.15, -0.1) is 0 Å². The Bertz CT molecular complexity index is 6000. The third kappa shape index (κ3) is 19.4. The number of aromatic amines is 3. The van der Waals surface area contributed by atoms with Gasteiger partial charge in [0.15, 0.2) is 23.0 Å². The van der Waals surface area contributed by atoms with Crippen molar-refractivity contribution in [3.05, 3.63) is 255 Å². The summed E-state index contributed by atoms with van der Waals surface area (Å²) in [4.78, 5) is 213. The maximum absolute atomic E-state index is 14.7. The van der Waals surface area contributed by atoms with Gasteiger partial charge in [-0.05, 0) is 92.1 Å². The topological polar surface area (TPSA) is 482 Å². The van der Waals surface area contributed by atoms with E-state index in [1.807, 2.05) is 66.7 Å². The summed E-state index contributed by atoms with van der Waals surface area (Å²) in [7, 11) is 0.